The van der Waals surface area contributed by atoms with E-state index in [2.05, 4.69) is 4.18 Å². The van der Waals surface area contributed by atoms with E-state index in [0.29, 0.717) is 14.7 Å². The summed E-state index contributed by atoms with van der Waals surface area (Å²) in [7, 11) is -5.95. The first kappa shape index (κ1) is 18.6. The number of hydrogen-bond donors (Lipinski definition) is 0. The van der Waals surface area contributed by atoms with Crippen LogP contribution in [0.4, 0.5) is 4.39 Å². The molecule has 3 aromatic rings. The molecule has 0 atom stereocenters. The maximum absolute atomic E-state index is 13.5. The number of benzene rings is 3. The summed E-state index contributed by atoms with van der Waals surface area (Å²) in [5.41, 5.74) is 0. The van der Waals surface area contributed by atoms with E-state index in [1.165, 1.54) is 24.3 Å². The lowest BCUT2D eigenvalue weighted by molar-refractivity contribution is 0.339. The van der Waals surface area contributed by atoms with E-state index < -0.39 is 26.5 Å². The molecule has 0 aliphatic carbocycles. The zero-order valence-electron chi connectivity index (χ0n) is 13.9. The maximum atomic E-state index is 13.5. The van der Waals surface area contributed by atoms with Crippen LogP contribution in [0, 0.1) is 5.82 Å². The predicted molar refractivity (Wildman–Crippen MR) is 98.7 cm³/mol. The van der Waals surface area contributed by atoms with Crippen molar-refractivity contribution in [1.82, 2.24) is 0 Å². The molecule has 4 nitrogen and oxygen atoms in total. The summed E-state index contributed by atoms with van der Waals surface area (Å²) in [4.78, 5) is 1.84. The predicted octanol–water partition coefficient (Wildman–Crippen LogP) is 4.93. The van der Waals surface area contributed by atoms with Crippen LogP contribution in [-0.4, -0.2) is 15.5 Å². The van der Waals surface area contributed by atoms with Crippen LogP contribution < -0.4 is 0 Å². The van der Waals surface area contributed by atoms with E-state index in [0.717, 1.165) is 7.11 Å². The standard InChI is InChI=1S/C19H17FO4S2/c1-23-26(21,22)24-25(17-8-4-2-5-9-17,18-10-6-3-7-11-18)19-14-12-16(20)13-15-19/h2-15H,1H3. The fourth-order valence-electron chi connectivity index (χ4n) is 2.53. The lowest BCUT2D eigenvalue weighted by Gasteiger charge is -2.38. The van der Waals surface area contributed by atoms with Gasteiger partial charge in [0.2, 0.25) is 0 Å². The minimum absolute atomic E-state index is 0.419. The van der Waals surface area contributed by atoms with Crippen molar-refractivity contribution in [2.45, 2.75) is 14.7 Å². The van der Waals surface area contributed by atoms with E-state index >= 15 is 0 Å². The molecule has 0 radical (unpaired) electrons. The molecule has 0 heterocycles. The SMILES string of the molecule is COS(=O)(=O)OS(c1ccccc1)(c1ccccc1)c1ccc(F)cc1. The molecule has 0 N–H and O–H groups in total. The Morgan fingerprint density at radius 1 is 0.692 bits per heavy atom. The van der Waals surface area contributed by atoms with Crippen LogP contribution in [0.25, 0.3) is 0 Å². The Hall–Kier alpha value is -2.19. The van der Waals surface area contributed by atoms with Crippen molar-refractivity contribution in [2.75, 3.05) is 7.11 Å². The van der Waals surface area contributed by atoms with Crippen LogP contribution in [0.5, 0.6) is 0 Å². The third-order valence-corrected chi connectivity index (χ3v) is 8.38. The minimum Gasteiger partial charge on any atom is -0.251 e. The molecule has 3 aromatic carbocycles. The average molecular weight is 392 g/mol. The maximum Gasteiger partial charge on any atom is 0.409 e. The van der Waals surface area contributed by atoms with Gasteiger partial charge in [0, 0.05) is 14.7 Å². The Balaban J connectivity index is 2.36. The van der Waals surface area contributed by atoms with Gasteiger partial charge in [-0.25, -0.2) is 4.39 Å². The van der Waals surface area contributed by atoms with Crippen molar-refractivity contribution < 1.29 is 20.6 Å². The second-order valence-corrected chi connectivity index (χ2v) is 9.50. The highest BCUT2D eigenvalue weighted by Crippen LogP contribution is 2.69. The average Bonchev–Trinajstić information content (AvgIpc) is 2.68. The summed E-state index contributed by atoms with van der Waals surface area (Å²) in [5.74, 6) is -0.419. The van der Waals surface area contributed by atoms with Gasteiger partial charge in [0.15, 0.2) is 0 Å². The molecule has 136 valence electrons. The first-order chi connectivity index (χ1) is 12.5. The van der Waals surface area contributed by atoms with Gasteiger partial charge in [0.05, 0.1) is 7.11 Å². The molecule has 0 unspecified atom stereocenters. The van der Waals surface area contributed by atoms with E-state index in [1.807, 2.05) is 12.1 Å². The topological polar surface area (TPSA) is 52.6 Å². The summed E-state index contributed by atoms with van der Waals surface area (Å²) in [5, 5.41) is 0. The van der Waals surface area contributed by atoms with Gasteiger partial charge in [-0.05, 0) is 58.8 Å². The van der Waals surface area contributed by atoms with Crippen molar-refractivity contribution in [2.24, 2.45) is 0 Å². The first-order valence-electron chi connectivity index (χ1n) is 7.69. The quantitative estimate of drug-likeness (QED) is 0.597. The van der Waals surface area contributed by atoms with E-state index in [1.54, 1.807) is 48.5 Å². The zero-order chi connectivity index (χ0) is 18.6. The van der Waals surface area contributed by atoms with Crippen molar-refractivity contribution in [3.63, 3.8) is 0 Å². The van der Waals surface area contributed by atoms with Gasteiger partial charge in [-0.2, -0.15) is 12.0 Å². The second-order valence-electron chi connectivity index (χ2n) is 5.28. The monoisotopic (exact) mass is 392 g/mol. The molecule has 0 aliphatic rings. The van der Waals surface area contributed by atoms with Gasteiger partial charge in [0.25, 0.3) is 0 Å². The van der Waals surface area contributed by atoms with E-state index in [9.17, 15) is 12.8 Å². The Morgan fingerprint density at radius 2 is 1.12 bits per heavy atom. The highest BCUT2D eigenvalue weighted by molar-refractivity contribution is 8.32. The Bertz CT molecular complexity index is 920. The van der Waals surface area contributed by atoms with Crippen LogP contribution in [0.3, 0.4) is 0 Å². The number of halogens is 1. The summed E-state index contributed by atoms with van der Waals surface area (Å²) in [6, 6.07) is 23.6. The first-order valence-corrected chi connectivity index (χ1v) is 10.6. The number of hydrogen-bond acceptors (Lipinski definition) is 4. The molecule has 0 fully saturated rings. The van der Waals surface area contributed by atoms with Gasteiger partial charge >= 0.3 is 10.4 Å². The molecule has 0 aliphatic heterocycles. The van der Waals surface area contributed by atoms with Crippen molar-refractivity contribution in [3.8, 4) is 0 Å². The van der Waals surface area contributed by atoms with Crippen LogP contribution in [-0.2, 0) is 18.2 Å². The van der Waals surface area contributed by atoms with Gasteiger partial charge < -0.3 is 0 Å². The van der Waals surface area contributed by atoms with Crippen LogP contribution in [0.2, 0.25) is 0 Å². The summed E-state index contributed by atoms with van der Waals surface area (Å²) < 4.78 is 48.4. The largest absolute Gasteiger partial charge is 0.409 e. The highest BCUT2D eigenvalue weighted by Gasteiger charge is 2.37. The molecule has 26 heavy (non-hydrogen) atoms. The highest BCUT2D eigenvalue weighted by atomic mass is 32.3. The Kier molecular flexibility index (Phi) is 5.43. The molecular formula is C19H17FO4S2. The normalized spacial score (nSPS) is 12.7. The minimum atomic E-state index is -4.29. The Labute approximate surface area is 154 Å². The molecule has 0 bridgehead atoms. The third-order valence-electron chi connectivity index (χ3n) is 3.69. The summed E-state index contributed by atoms with van der Waals surface area (Å²) >= 11 is 0. The second kappa shape index (κ2) is 7.59. The van der Waals surface area contributed by atoms with Crippen LogP contribution >= 0.6 is 10.3 Å². The third kappa shape index (κ3) is 3.66. The van der Waals surface area contributed by atoms with Crippen LogP contribution in [0.15, 0.2) is 99.6 Å². The summed E-state index contributed by atoms with van der Waals surface area (Å²) in [6.07, 6.45) is 0. The number of rotatable bonds is 6. The Morgan fingerprint density at radius 3 is 1.54 bits per heavy atom. The van der Waals surface area contributed by atoms with Crippen molar-refractivity contribution >= 4 is 20.7 Å². The van der Waals surface area contributed by atoms with Crippen molar-refractivity contribution in [3.05, 3.63) is 90.7 Å². The molecule has 3 rings (SSSR count). The molecular weight excluding hydrogens is 375 g/mol. The fourth-order valence-corrected chi connectivity index (χ4v) is 7.11. The molecule has 0 aromatic heterocycles. The molecule has 0 saturated carbocycles. The lowest BCUT2D eigenvalue weighted by Crippen LogP contribution is -2.15. The molecule has 7 heteroatoms. The van der Waals surface area contributed by atoms with Crippen molar-refractivity contribution in [1.29, 1.82) is 0 Å². The van der Waals surface area contributed by atoms with Gasteiger partial charge in [-0.1, -0.05) is 36.4 Å². The molecule has 0 spiro atoms. The van der Waals surface area contributed by atoms with Gasteiger partial charge in [0.1, 0.15) is 5.82 Å². The van der Waals surface area contributed by atoms with E-state index in [4.69, 9.17) is 3.63 Å². The lowest BCUT2D eigenvalue weighted by atomic mass is 10.3. The zero-order valence-corrected chi connectivity index (χ0v) is 15.5. The van der Waals surface area contributed by atoms with E-state index in [-0.39, 0.29) is 0 Å². The summed E-state index contributed by atoms with van der Waals surface area (Å²) in [6.45, 7) is 0. The molecule has 0 saturated heterocycles. The smallest absolute Gasteiger partial charge is 0.251 e. The van der Waals surface area contributed by atoms with Gasteiger partial charge in [-0.3, -0.25) is 4.18 Å². The van der Waals surface area contributed by atoms with Gasteiger partial charge in [-0.15, -0.1) is 0 Å². The molecule has 0 amide bonds. The van der Waals surface area contributed by atoms with Crippen LogP contribution in [0.1, 0.15) is 0 Å². The fraction of sp³-hybridized carbons (Fsp3) is 0.0526.